The fourth-order valence-corrected chi connectivity index (χ4v) is 5.43. The highest BCUT2D eigenvalue weighted by atomic mass is 16.5. The number of hydrogen-bond donors (Lipinski definition) is 5. The van der Waals surface area contributed by atoms with Gasteiger partial charge in [-0.25, -0.2) is 4.79 Å². The monoisotopic (exact) mass is 593 g/mol. The molecule has 9 nitrogen and oxygen atoms in total. The summed E-state index contributed by atoms with van der Waals surface area (Å²) >= 11 is 0. The van der Waals surface area contributed by atoms with E-state index in [4.69, 9.17) is 10.5 Å². The quantitative estimate of drug-likeness (QED) is 0.128. The van der Waals surface area contributed by atoms with Crippen molar-refractivity contribution in [3.05, 3.63) is 108 Å². The molecule has 0 aliphatic carbocycles. The molecule has 2 heterocycles. The minimum absolute atomic E-state index is 0.0995. The third-order valence-corrected chi connectivity index (χ3v) is 7.72. The number of aromatic amines is 2. The second-order valence-electron chi connectivity index (χ2n) is 11.6. The molecule has 0 fully saturated rings. The summed E-state index contributed by atoms with van der Waals surface area (Å²) < 4.78 is 5.58. The van der Waals surface area contributed by atoms with Crippen LogP contribution in [0.15, 0.2) is 91.3 Å². The fraction of sp³-hybridized carbons (Fsp3) is 0.286. The minimum Gasteiger partial charge on any atom is -0.459 e. The van der Waals surface area contributed by atoms with Crippen molar-refractivity contribution in [3.63, 3.8) is 0 Å². The average Bonchev–Trinajstić information content (AvgIpc) is 3.63. The van der Waals surface area contributed by atoms with Gasteiger partial charge in [-0.2, -0.15) is 0 Å². The average molecular weight is 594 g/mol. The first-order chi connectivity index (χ1) is 21.3. The number of nitrogens with one attached hydrogen (secondary N) is 4. The summed E-state index contributed by atoms with van der Waals surface area (Å²) in [4.78, 5) is 46.9. The molecular weight excluding hydrogens is 554 g/mol. The van der Waals surface area contributed by atoms with Crippen molar-refractivity contribution in [2.75, 3.05) is 0 Å². The summed E-state index contributed by atoms with van der Waals surface area (Å²) in [5, 5.41) is 7.70. The van der Waals surface area contributed by atoms with Crippen LogP contribution in [0.5, 0.6) is 0 Å². The van der Waals surface area contributed by atoms with E-state index in [1.165, 1.54) is 0 Å². The van der Waals surface area contributed by atoms with Gasteiger partial charge in [0.1, 0.15) is 18.7 Å². The van der Waals surface area contributed by atoms with E-state index in [1.807, 2.05) is 105 Å². The lowest BCUT2D eigenvalue weighted by Gasteiger charge is -2.24. The molecule has 0 saturated carbocycles. The van der Waals surface area contributed by atoms with Crippen LogP contribution in [0.25, 0.3) is 21.8 Å². The van der Waals surface area contributed by atoms with Crippen LogP contribution in [-0.2, 0) is 38.6 Å². The summed E-state index contributed by atoms with van der Waals surface area (Å²) in [6.07, 6.45) is 4.56. The zero-order valence-electron chi connectivity index (χ0n) is 25.0. The van der Waals surface area contributed by atoms with Gasteiger partial charge in [-0.3, -0.25) is 9.59 Å². The molecule has 3 atom stereocenters. The summed E-state index contributed by atoms with van der Waals surface area (Å²) in [5.41, 5.74) is 10.9. The number of para-hydroxylation sites is 2. The second kappa shape index (κ2) is 14.1. The first kappa shape index (κ1) is 30.6. The van der Waals surface area contributed by atoms with Crippen LogP contribution in [0.4, 0.5) is 0 Å². The molecule has 44 heavy (non-hydrogen) atoms. The Kier molecular flexibility index (Phi) is 9.76. The molecule has 0 radical (unpaired) electrons. The molecule has 0 aliphatic rings. The molecule has 2 amide bonds. The highest BCUT2D eigenvalue weighted by molar-refractivity contribution is 5.93. The van der Waals surface area contributed by atoms with Crippen molar-refractivity contribution in [2.24, 2.45) is 11.7 Å². The molecule has 9 heteroatoms. The van der Waals surface area contributed by atoms with Crippen molar-refractivity contribution in [2.45, 2.75) is 57.8 Å². The number of H-pyrrole nitrogens is 2. The zero-order chi connectivity index (χ0) is 31.1. The van der Waals surface area contributed by atoms with Gasteiger partial charge in [0.05, 0.1) is 6.04 Å². The number of hydrogen-bond acceptors (Lipinski definition) is 5. The Morgan fingerprint density at radius 1 is 0.727 bits per heavy atom. The Morgan fingerprint density at radius 2 is 1.27 bits per heavy atom. The van der Waals surface area contributed by atoms with E-state index in [1.54, 1.807) is 0 Å². The van der Waals surface area contributed by atoms with Crippen LogP contribution in [0.1, 0.15) is 37.0 Å². The van der Waals surface area contributed by atoms with Gasteiger partial charge >= 0.3 is 5.97 Å². The predicted molar refractivity (Wildman–Crippen MR) is 172 cm³/mol. The molecule has 6 N–H and O–H groups in total. The molecule has 0 spiro atoms. The number of fused-ring (bicyclic) bond motifs is 2. The van der Waals surface area contributed by atoms with Crippen LogP contribution < -0.4 is 16.4 Å². The van der Waals surface area contributed by atoms with E-state index in [9.17, 15) is 14.4 Å². The minimum atomic E-state index is -0.979. The molecule has 0 aliphatic heterocycles. The number of esters is 1. The summed E-state index contributed by atoms with van der Waals surface area (Å²) in [5.74, 6) is -1.35. The van der Waals surface area contributed by atoms with E-state index in [0.717, 1.165) is 38.5 Å². The maximum absolute atomic E-state index is 13.8. The Morgan fingerprint density at radius 3 is 1.89 bits per heavy atom. The number of benzene rings is 3. The Bertz CT molecular complexity index is 1720. The summed E-state index contributed by atoms with van der Waals surface area (Å²) in [6, 6.07) is 22.2. The van der Waals surface area contributed by atoms with Gasteiger partial charge in [-0.1, -0.05) is 80.6 Å². The Balaban J connectivity index is 1.33. The van der Waals surface area contributed by atoms with E-state index in [2.05, 4.69) is 20.6 Å². The third kappa shape index (κ3) is 7.54. The second-order valence-corrected chi connectivity index (χ2v) is 11.6. The van der Waals surface area contributed by atoms with Gasteiger partial charge in [0, 0.05) is 40.6 Å². The van der Waals surface area contributed by atoms with Gasteiger partial charge in [0.2, 0.25) is 11.8 Å². The third-order valence-electron chi connectivity index (χ3n) is 7.72. The lowest BCUT2D eigenvalue weighted by Crippen LogP contribution is -2.55. The summed E-state index contributed by atoms with van der Waals surface area (Å²) in [6.45, 7) is 4.04. The molecular formula is C35H39N5O4. The SMILES string of the molecule is CC(C)CC(NC(=O)C(Cc1c[nH]c2ccccc12)NC(=O)C(N)Cc1c[nH]c2ccccc12)C(=O)OCc1ccccc1. The number of aromatic nitrogens is 2. The smallest absolute Gasteiger partial charge is 0.328 e. The molecule has 0 saturated heterocycles. The van der Waals surface area contributed by atoms with Gasteiger partial charge in [0.25, 0.3) is 0 Å². The number of carbonyl (C=O) groups is 3. The number of rotatable bonds is 13. The van der Waals surface area contributed by atoms with Crippen molar-refractivity contribution in [3.8, 4) is 0 Å². The van der Waals surface area contributed by atoms with Crippen LogP contribution in [0.2, 0.25) is 0 Å². The standard InChI is InChI=1S/C35H39N5O4/c1-22(2)16-32(35(43)44-21-23-10-4-3-5-11-23)40-34(42)31(18-25-20-38-30-15-9-7-13-27(25)30)39-33(41)28(36)17-24-19-37-29-14-8-6-12-26(24)29/h3-15,19-20,22,28,31-32,37-38H,16-18,21,36H2,1-2H3,(H,39,41)(H,40,42). The van der Waals surface area contributed by atoms with Crippen LogP contribution in [-0.4, -0.2) is 45.9 Å². The van der Waals surface area contributed by atoms with E-state index >= 15 is 0 Å². The number of carbonyl (C=O) groups excluding carboxylic acids is 3. The largest absolute Gasteiger partial charge is 0.459 e. The normalized spacial score (nSPS) is 13.5. The number of amides is 2. The first-order valence-electron chi connectivity index (χ1n) is 15.0. The fourth-order valence-electron chi connectivity index (χ4n) is 5.43. The predicted octanol–water partition coefficient (Wildman–Crippen LogP) is 4.52. The highest BCUT2D eigenvalue weighted by Gasteiger charge is 2.30. The van der Waals surface area contributed by atoms with E-state index < -0.39 is 35.9 Å². The maximum atomic E-state index is 13.8. The topological polar surface area (TPSA) is 142 Å². The highest BCUT2D eigenvalue weighted by Crippen LogP contribution is 2.21. The molecule has 5 aromatic rings. The molecule has 2 aromatic heterocycles. The number of ether oxygens (including phenoxy) is 1. The van der Waals surface area contributed by atoms with Crippen LogP contribution >= 0.6 is 0 Å². The van der Waals surface area contributed by atoms with Crippen molar-refractivity contribution in [1.82, 2.24) is 20.6 Å². The molecule has 3 unspecified atom stereocenters. The molecule has 5 rings (SSSR count). The van der Waals surface area contributed by atoms with Crippen LogP contribution in [0, 0.1) is 5.92 Å². The molecule has 228 valence electrons. The Labute approximate surface area is 256 Å². The van der Waals surface area contributed by atoms with Gasteiger partial charge < -0.3 is 31.1 Å². The van der Waals surface area contributed by atoms with Gasteiger partial charge in [-0.15, -0.1) is 0 Å². The summed E-state index contributed by atoms with van der Waals surface area (Å²) in [7, 11) is 0. The van der Waals surface area contributed by atoms with Crippen molar-refractivity contribution >= 4 is 39.6 Å². The molecule has 0 bridgehead atoms. The first-order valence-corrected chi connectivity index (χ1v) is 15.0. The van der Waals surface area contributed by atoms with E-state index in [0.29, 0.717) is 12.8 Å². The van der Waals surface area contributed by atoms with E-state index in [-0.39, 0.29) is 18.9 Å². The maximum Gasteiger partial charge on any atom is 0.328 e. The Hall–Kier alpha value is -4.89. The van der Waals surface area contributed by atoms with Gasteiger partial charge in [-0.05, 0) is 47.6 Å². The lowest BCUT2D eigenvalue weighted by atomic mass is 10.0. The van der Waals surface area contributed by atoms with Crippen molar-refractivity contribution < 1.29 is 19.1 Å². The number of nitrogens with two attached hydrogens (primary N) is 1. The van der Waals surface area contributed by atoms with Crippen molar-refractivity contribution in [1.29, 1.82) is 0 Å². The van der Waals surface area contributed by atoms with Crippen LogP contribution in [0.3, 0.4) is 0 Å². The zero-order valence-corrected chi connectivity index (χ0v) is 25.0. The molecule has 3 aromatic carbocycles. The lowest BCUT2D eigenvalue weighted by molar-refractivity contribution is -0.149. The van der Waals surface area contributed by atoms with Gasteiger partial charge in [0.15, 0.2) is 0 Å².